The lowest BCUT2D eigenvalue weighted by Gasteiger charge is -2.17. The van der Waals surface area contributed by atoms with Gasteiger partial charge >= 0.3 is 0 Å². The van der Waals surface area contributed by atoms with Crippen LogP contribution in [0.15, 0.2) is 18.2 Å². The number of benzene rings is 1. The van der Waals surface area contributed by atoms with Crippen LogP contribution in [0.25, 0.3) is 0 Å². The molecule has 102 valence electrons. The van der Waals surface area contributed by atoms with Gasteiger partial charge in [-0.1, -0.05) is 0 Å². The zero-order valence-corrected chi connectivity index (χ0v) is 10.5. The van der Waals surface area contributed by atoms with Crippen molar-refractivity contribution in [3.63, 3.8) is 0 Å². The van der Waals surface area contributed by atoms with Crippen molar-refractivity contribution < 1.29 is 14.5 Å². The highest BCUT2D eigenvalue weighted by Crippen LogP contribution is 2.36. The first-order valence-corrected chi connectivity index (χ1v) is 5.99. The Balaban J connectivity index is 2.28. The number of nitro groups is 1. The molecule has 1 aromatic rings. The van der Waals surface area contributed by atoms with Crippen LogP contribution in [0.3, 0.4) is 0 Å². The van der Waals surface area contributed by atoms with Crippen LogP contribution in [-0.2, 0) is 9.53 Å². The maximum Gasteiger partial charge on any atom is 0.269 e. The fourth-order valence-electron chi connectivity index (χ4n) is 2.10. The van der Waals surface area contributed by atoms with Crippen LogP contribution in [0.2, 0.25) is 0 Å². The molecule has 1 amide bonds. The summed E-state index contributed by atoms with van der Waals surface area (Å²) in [5.41, 5.74) is 6.86. The van der Waals surface area contributed by atoms with E-state index < -0.39 is 11.0 Å². The summed E-state index contributed by atoms with van der Waals surface area (Å²) in [6.07, 6.45) is 0. The lowest BCUT2D eigenvalue weighted by molar-refractivity contribution is -0.384. The van der Waals surface area contributed by atoms with E-state index in [9.17, 15) is 14.9 Å². The quantitative estimate of drug-likeness (QED) is 0.486. The molecule has 7 heteroatoms. The van der Waals surface area contributed by atoms with Gasteiger partial charge in [0.15, 0.2) is 0 Å². The summed E-state index contributed by atoms with van der Waals surface area (Å²) in [6.45, 7) is 3.24. The van der Waals surface area contributed by atoms with Crippen molar-refractivity contribution >= 4 is 17.3 Å². The van der Waals surface area contributed by atoms with Crippen LogP contribution < -0.4 is 10.6 Å². The van der Waals surface area contributed by atoms with E-state index in [1.54, 1.807) is 6.07 Å². The van der Waals surface area contributed by atoms with Gasteiger partial charge in [0.1, 0.15) is 6.04 Å². The van der Waals surface area contributed by atoms with Gasteiger partial charge in [-0.25, -0.2) is 0 Å². The summed E-state index contributed by atoms with van der Waals surface area (Å²) < 4.78 is 5.21. The number of nitrogens with zero attached hydrogens (tertiary/aromatic N) is 2. The van der Waals surface area contributed by atoms with Crippen molar-refractivity contribution in [3.05, 3.63) is 33.9 Å². The van der Waals surface area contributed by atoms with Crippen molar-refractivity contribution in [3.8, 4) is 0 Å². The number of carbonyl (C=O) groups excluding carboxylic acids is 1. The topological polar surface area (TPSA) is 98.7 Å². The maximum absolute atomic E-state index is 12.0. The van der Waals surface area contributed by atoms with Gasteiger partial charge in [-0.3, -0.25) is 14.9 Å². The Hall–Kier alpha value is -1.99. The van der Waals surface area contributed by atoms with Gasteiger partial charge in [-0.15, -0.1) is 0 Å². The molecule has 0 bridgehead atoms. The standard InChI is InChI=1S/C12H15N3O4/c1-2-19-6-5-14-10-4-3-8(15(17)18)7-9(10)11(13)12(14)16/h3-4,7,11H,2,5-6,13H2,1H3. The number of carbonyl (C=O) groups is 1. The number of hydrogen-bond acceptors (Lipinski definition) is 5. The Bertz CT molecular complexity index is 518. The van der Waals surface area contributed by atoms with Gasteiger partial charge in [-0.05, 0) is 13.0 Å². The van der Waals surface area contributed by atoms with Gasteiger partial charge in [0.05, 0.1) is 11.5 Å². The molecule has 0 spiro atoms. The summed E-state index contributed by atoms with van der Waals surface area (Å²) >= 11 is 0. The zero-order valence-electron chi connectivity index (χ0n) is 10.5. The van der Waals surface area contributed by atoms with Crippen LogP contribution in [0.4, 0.5) is 11.4 Å². The fraction of sp³-hybridized carbons (Fsp3) is 0.417. The normalized spacial score (nSPS) is 17.7. The van der Waals surface area contributed by atoms with Crippen LogP contribution in [-0.4, -0.2) is 30.6 Å². The van der Waals surface area contributed by atoms with Crippen LogP contribution in [0, 0.1) is 10.1 Å². The number of nitro benzene ring substituents is 1. The Morgan fingerprint density at radius 2 is 2.26 bits per heavy atom. The first-order chi connectivity index (χ1) is 9.06. The summed E-state index contributed by atoms with van der Waals surface area (Å²) in [5, 5.41) is 10.7. The molecule has 1 heterocycles. The summed E-state index contributed by atoms with van der Waals surface area (Å²) in [4.78, 5) is 23.8. The first-order valence-electron chi connectivity index (χ1n) is 5.99. The molecule has 1 unspecified atom stereocenters. The molecule has 0 saturated heterocycles. The van der Waals surface area contributed by atoms with E-state index in [-0.39, 0.29) is 11.6 Å². The molecule has 0 radical (unpaired) electrons. The van der Waals surface area contributed by atoms with Crippen LogP contribution >= 0.6 is 0 Å². The monoisotopic (exact) mass is 265 g/mol. The molecule has 2 N–H and O–H groups in total. The molecular weight excluding hydrogens is 250 g/mol. The fourth-order valence-corrected chi connectivity index (χ4v) is 2.10. The van der Waals surface area contributed by atoms with E-state index in [0.717, 1.165) is 0 Å². The highest BCUT2D eigenvalue weighted by molar-refractivity contribution is 6.04. The minimum Gasteiger partial charge on any atom is -0.380 e. The van der Waals surface area contributed by atoms with Crippen molar-refractivity contribution in [2.75, 3.05) is 24.7 Å². The second kappa shape index (κ2) is 5.33. The summed E-state index contributed by atoms with van der Waals surface area (Å²) in [6, 6.07) is 3.46. The van der Waals surface area contributed by atoms with E-state index in [2.05, 4.69) is 0 Å². The number of amides is 1. The largest absolute Gasteiger partial charge is 0.380 e. The highest BCUT2D eigenvalue weighted by Gasteiger charge is 2.35. The Labute approximate surface area is 110 Å². The molecule has 0 aliphatic carbocycles. The van der Waals surface area contributed by atoms with Gasteiger partial charge in [-0.2, -0.15) is 0 Å². The Morgan fingerprint density at radius 3 is 2.89 bits per heavy atom. The predicted molar refractivity (Wildman–Crippen MR) is 68.9 cm³/mol. The number of nitrogens with two attached hydrogens (primary N) is 1. The van der Waals surface area contributed by atoms with Crippen molar-refractivity contribution in [1.82, 2.24) is 0 Å². The second-order valence-corrected chi connectivity index (χ2v) is 4.16. The molecule has 1 atom stereocenters. The minimum atomic E-state index is -0.837. The number of ether oxygens (including phenoxy) is 1. The Morgan fingerprint density at radius 1 is 1.53 bits per heavy atom. The van der Waals surface area contributed by atoms with Crippen LogP contribution in [0.5, 0.6) is 0 Å². The lowest BCUT2D eigenvalue weighted by Crippen LogP contribution is -2.34. The average Bonchev–Trinajstić information content (AvgIpc) is 2.63. The molecule has 1 aliphatic heterocycles. The van der Waals surface area contributed by atoms with E-state index in [4.69, 9.17) is 10.5 Å². The van der Waals surface area contributed by atoms with E-state index >= 15 is 0 Å². The molecule has 19 heavy (non-hydrogen) atoms. The maximum atomic E-state index is 12.0. The third kappa shape index (κ3) is 2.42. The number of hydrogen-bond donors (Lipinski definition) is 1. The zero-order chi connectivity index (χ0) is 14.0. The lowest BCUT2D eigenvalue weighted by atomic mass is 10.1. The third-order valence-corrected chi connectivity index (χ3v) is 3.04. The Kier molecular flexibility index (Phi) is 3.77. The number of rotatable bonds is 5. The number of non-ortho nitro benzene ring substituents is 1. The molecule has 0 fully saturated rings. The summed E-state index contributed by atoms with van der Waals surface area (Å²) in [5.74, 6) is -0.254. The molecule has 1 aliphatic rings. The second-order valence-electron chi connectivity index (χ2n) is 4.16. The molecular formula is C12H15N3O4. The van der Waals surface area contributed by atoms with Crippen molar-refractivity contribution in [1.29, 1.82) is 0 Å². The first kappa shape index (κ1) is 13.4. The van der Waals surface area contributed by atoms with E-state index in [1.165, 1.54) is 17.0 Å². The number of fused-ring (bicyclic) bond motifs is 1. The minimum absolute atomic E-state index is 0.0614. The summed E-state index contributed by atoms with van der Waals surface area (Å²) in [7, 11) is 0. The van der Waals surface area contributed by atoms with Gasteiger partial charge in [0.2, 0.25) is 5.91 Å². The SMILES string of the molecule is CCOCCN1C(=O)C(N)c2cc([N+](=O)[O-])ccc21. The van der Waals surface area contributed by atoms with Crippen molar-refractivity contribution in [2.45, 2.75) is 13.0 Å². The smallest absolute Gasteiger partial charge is 0.269 e. The van der Waals surface area contributed by atoms with Crippen molar-refractivity contribution in [2.24, 2.45) is 5.73 Å². The third-order valence-electron chi connectivity index (χ3n) is 3.04. The predicted octanol–water partition coefficient (Wildman–Crippen LogP) is 0.978. The molecule has 1 aromatic carbocycles. The van der Waals surface area contributed by atoms with Gasteiger partial charge in [0.25, 0.3) is 5.69 Å². The molecule has 2 rings (SSSR count). The van der Waals surface area contributed by atoms with E-state index in [1.807, 2.05) is 6.92 Å². The van der Waals surface area contributed by atoms with Crippen LogP contribution in [0.1, 0.15) is 18.5 Å². The molecule has 0 saturated carbocycles. The molecule has 0 aromatic heterocycles. The average molecular weight is 265 g/mol. The highest BCUT2D eigenvalue weighted by atomic mass is 16.6. The van der Waals surface area contributed by atoms with Gasteiger partial charge < -0.3 is 15.4 Å². The molecule has 7 nitrogen and oxygen atoms in total. The van der Waals surface area contributed by atoms with Gasteiger partial charge in [0, 0.05) is 36.5 Å². The van der Waals surface area contributed by atoms with E-state index in [0.29, 0.717) is 31.0 Å². The number of anilines is 1.